The zero-order valence-electron chi connectivity index (χ0n) is 60.6. The van der Waals surface area contributed by atoms with Gasteiger partial charge in [0.05, 0.1) is 0 Å². The summed E-state index contributed by atoms with van der Waals surface area (Å²) in [6.07, 6.45) is -99.0. The fourth-order valence-electron chi connectivity index (χ4n) is 19.0. The summed E-state index contributed by atoms with van der Waals surface area (Å²) in [6, 6.07) is 0. The average molecular weight is 1140 g/mol. The second-order valence-electron chi connectivity index (χ2n) is 29.6. The molecule has 0 bridgehead atoms. The van der Waals surface area contributed by atoms with Crippen LogP contribution in [0.5, 0.6) is 0 Å². The molecule has 107 radical (unpaired) electrons. The summed E-state index contributed by atoms with van der Waals surface area (Å²) in [5.74, 6) is 0. The van der Waals surface area contributed by atoms with Crippen LogP contribution < -0.4 is 0 Å². The van der Waals surface area contributed by atoms with Crippen molar-refractivity contribution in [1.82, 2.24) is 0 Å². The lowest BCUT2D eigenvalue weighted by Crippen LogP contribution is -3.01. The standard InChI is InChI=1S/B105/c1-54-81(55(2)3)94(80(52)53)101(95(82(56(4)5)57(6)7)83(58(8)9)59(10)11)104(100(92(76(44)45)77(46)47)93(78(48)49)79(50)51)105(102(96(84(60(12)13)61(14)15)85(62(16)17)63(18)19)97(86(64(20)21)65(22)23)87(66(24)25)67(26)27)103(98(88(68(28)29)69(30)31)89(70(32)33)71(34)35)99(90(72(36)37)73(38)39)91(74(40)41)75(42)43. The molecule has 0 aliphatic heterocycles. The van der Waals surface area contributed by atoms with E-state index in [1.54, 1.807) is 0 Å². The highest BCUT2D eigenvalue weighted by Crippen LogP contribution is 2.31. The van der Waals surface area contributed by atoms with Gasteiger partial charge in [-0.05, 0) is 0 Å². The second-order valence-corrected chi connectivity index (χ2v) is 29.6. The summed E-state index contributed by atoms with van der Waals surface area (Å²) in [4.78, 5) is 0. The molecule has 0 unspecified atom stereocenters. The fourth-order valence-corrected chi connectivity index (χ4v) is 19.0. The van der Waals surface area contributed by atoms with Crippen molar-refractivity contribution in [2.75, 3.05) is 0 Å². The molecule has 315 valence electrons. The summed E-state index contributed by atoms with van der Waals surface area (Å²) in [5.41, 5.74) is 0. The average Bonchev–Trinajstić information content (AvgIpc) is 3.42. The third-order valence-electron chi connectivity index (χ3n) is 22.4. The van der Waals surface area contributed by atoms with Gasteiger partial charge in [0.25, 0.3) is 0 Å². The van der Waals surface area contributed by atoms with Crippen molar-refractivity contribution in [3.63, 3.8) is 0 Å². The topological polar surface area (TPSA) is 0 Å². The SMILES string of the molecule is [B][B]B(B([B])[B])B(B([B])[B])B(B(B(B([B])[B])B([B])[B])B(B([B])[B])B([B])[B])B(B(B(B([B])[B])B([B])[B])B(B([B])[B])B([B])[B])B(B(B(B(B([B])[B])B([B])[B])B(B([B])[B])B([B])[B])B(B(B([B])[B])B([B])[B])B(B([B])[B])B([B])[B])B(B(B(B([B])[B])B([B])[B])B(B([B])[B])B([B])[B])B(B(B([B])[B])B([B])[B])B(B([B])[B])B([B])[B]. The van der Waals surface area contributed by atoms with E-state index in [2.05, 4.69) is 0 Å². The van der Waals surface area contributed by atoms with Crippen molar-refractivity contribution in [3.8, 4) is 0 Å². The molecule has 0 spiro atoms. The summed E-state index contributed by atoms with van der Waals surface area (Å²) < 4.78 is 0. The lowest BCUT2D eigenvalue weighted by Gasteiger charge is -2.63. The third kappa shape index (κ3) is 30.1. The maximum atomic E-state index is 7.45. The molecule has 0 fully saturated rings. The largest absolute Gasteiger partial charge is 0 e. The number of hydrogen-bond donors (Lipinski definition) is 0. The summed E-state index contributed by atoms with van der Waals surface area (Å²) >= 11 is 0. The Morgan fingerprint density at radius 2 is 0.152 bits per heavy atom. The Kier molecular flexibility index (Phi) is 55.0. The summed E-state index contributed by atoms with van der Waals surface area (Å²) in [6.45, 7) is 0. The molecule has 0 aromatic rings. The molecule has 105 heteroatoms. The van der Waals surface area contributed by atoms with Crippen LogP contribution in [0, 0.1) is 0 Å². The van der Waals surface area contributed by atoms with E-state index in [0.29, 0.717) is 0 Å². The monoisotopic (exact) mass is 1160 g/mol. The summed E-state index contributed by atoms with van der Waals surface area (Å²) in [7, 11) is 381. The maximum Gasteiger partial charge on any atom is 0 e. The van der Waals surface area contributed by atoms with E-state index in [9.17, 15) is 0 Å². The van der Waals surface area contributed by atoms with Gasteiger partial charge in [-0.3, -0.25) is 0 Å². The van der Waals surface area contributed by atoms with Gasteiger partial charge >= 0.3 is 0 Å². The fraction of sp³-hybridized carbons (Fsp3) is 0. The Morgan fingerprint density at radius 1 is 0.0857 bits per heavy atom. The van der Waals surface area contributed by atoms with Gasteiger partial charge in [0.15, 0.2) is 0 Å². The first kappa shape index (κ1) is 112. The van der Waals surface area contributed by atoms with Crippen LogP contribution in [-0.2, 0) is 0 Å². The van der Waals surface area contributed by atoms with Crippen LogP contribution in [-0.4, -0.2) is 743 Å². The first-order valence-corrected chi connectivity index (χ1v) is 34.7. The Bertz CT molecular complexity index is 1790. The first-order chi connectivity index (χ1) is 47.8. The molecule has 0 rings (SSSR count). The van der Waals surface area contributed by atoms with Crippen molar-refractivity contribution in [2.24, 2.45) is 0 Å². The van der Waals surface area contributed by atoms with Crippen molar-refractivity contribution in [2.45, 2.75) is 0 Å². The lowest BCUT2D eigenvalue weighted by atomic mass is 8.18. The van der Waals surface area contributed by atoms with Crippen molar-refractivity contribution >= 4 is 743 Å². The predicted octanol–water partition coefficient (Wildman–Crippen LogP) is -40.0. The lowest BCUT2D eigenvalue weighted by molar-refractivity contribution is 3.12. The molecule has 0 heterocycles. The molecule has 0 saturated carbocycles. The Balaban J connectivity index is 15.1. The van der Waals surface area contributed by atoms with Crippen LogP contribution in [0.15, 0.2) is 0 Å². The predicted molar refractivity (Wildman–Crippen MR) is 604 cm³/mol. The van der Waals surface area contributed by atoms with E-state index in [4.69, 9.17) is 410 Å². The smallest absolute Gasteiger partial charge is 0 e. The number of hydrogen-bond acceptors (Lipinski definition) is 0. The van der Waals surface area contributed by atoms with E-state index < -0.39 is 326 Å². The van der Waals surface area contributed by atoms with E-state index in [1.807, 2.05) is 0 Å². The molecule has 0 nitrogen and oxygen atoms in total. The van der Waals surface area contributed by atoms with Gasteiger partial charge in [-0.2, -0.15) is 0 Å². The van der Waals surface area contributed by atoms with Gasteiger partial charge in [0.1, 0.15) is 0 Å². The maximum absolute atomic E-state index is 7.45. The zero-order chi connectivity index (χ0) is 83.2. The molecule has 105 heavy (non-hydrogen) atoms. The third-order valence-corrected chi connectivity index (χ3v) is 22.4. The normalized spacial score (nSPS) is 9.83. The van der Waals surface area contributed by atoms with E-state index in [-0.39, 0.29) is 0 Å². The molecule has 0 N–H and O–H groups in total. The Labute approximate surface area is 735 Å². The quantitative estimate of drug-likeness (QED) is 0.0533. The van der Waals surface area contributed by atoms with Gasteiger partial charge in [-0.1, -0.05) is 0 Å². The van der Waals surface area contributed by atoms with Crippen molar-refractivity contribution in [1.29, 1.82) is 0 Å². The molecule has 0 aliphatic carbocycles. The highest BCUT2D eigenvalue weighted by atomic mass is 13.5. The van der Waals surface area contributed by atoms with Gasteiger partial charge in [-0.25, -0.2) is 0 Å². The van der Waals surface area contributed by atoms with Crippen molar-refractivity contribution < 1.29 is 0 Å². The molecular formula is B105. The minimum Gasteiger partial charge on any atom is 0 e. The van der Waals surface area contributed by atoms with E-state index in [0.717, 1.165) is 7.06 Å². The van der Waals surface area contributed by atoms with E-state index in [1.165, 1.54) is 0 Å². The molecule has 0 atom stereocenters. The first-order valence-electron chi connectivity index (χ1n) is 34.7. The molecule has 0 aliphatic rings. The van der Waals surface area contributed by atoms with E-state index >= 15 is 0 Å². The highest BCUT2D eigenvalue weighted by Gasteiger charge is 2.69. The molecular weight excluding hydrogens is 1140 g/mol. The van der Waals surface area contributed by atoms with Gasteiger partial charge in [-0.15, -0.1) is 0 Å². The van der Waals surface area contributed by atoms with Crippen LogP contribution in [0.1, 0.15) is 0 Å². The van der Waals surface area contributed by atoms with Crippen LogP contribution >= 0.6 is 0 Å². The van der Waals surface area contributed by atoms with Crippen LogP contribution in [0.2, 0.25) is 0 Å². The summed E-state index contributed by atoms with van der Waals surface area (Å²) in [5, 5.41) is 0. The minimum atomic E-state index is -2.39. The molecule has 0 aromatic heterocycles. The van der Waals surface area contributed by atoms with Gasteiger partial charge in [0.2, 0.25) is 0 Å². The van der Waals surface area contributed by atoms with Gasteiger partial charge < -0.3 is 0 Å². The Morgan fingerprint density at radius 3 is 0.210 bits per heavy atom. The Hall–Kier alpha value is 6.82. The number of rotatable bonds is 51. The molecule has 0 aromatic carbocycles. The molecule has 0 amide bonds. The minimum absolute atomic E-state index is 1.00. The van der Waals surface area contributed by atoms with Crippen LogP contribution in [0.3, 0.4) is 0 Å². The van der Waals surface area contributed by atoms with Crippen LogP contribution in [0.4, 0.5) is 0 Å². The zero-order valence-corrected chi connectivity index (χ0v) is 60.6. The van der Waals surface area contributed by atoms with Crippen molar-refractivity contribution in [3.05, 3.63) is 0 Å². The van der Waals surface area contributed by atoms with Gasteiger partial charge in [0, 0.05) is 743 Å². The van der Waals surface area contributed by atoms with Crippen LogP contribution in [0.25, 0.3) is 0 Å². The highest BCUT2D eigenvalue weighted by molar-refractivity contribution is 8.44. The molecule has 0 saturated heterocycles. The second kappa shape index (κ2) is 51.7.